The number of hydrogen-bond donors (Lipinski definition) is 2. The van der Waals surface area contributed by atoms with Crippen molar-refractivity contribution in [1.29, 1.82) is 0 Å². The van der Waals surface area contributed by atoms with Crippen molar-refractivity contribution in [2.75, 3.05) is 47.9 Å². The van der Waals surface area contributed by atoms with Gasteiger partial charge in [-0.15, -0.1) is 0 Å². The van der Waals surface area contributed by atoms with Crippen molar-refractivity contribution in [3.05, 3.63) is 166 Å². The van der Waals surface area contributed by atoms with Gasteiger partial charge in [-0.25, -0.2) is 8.78 Å². The van der Waals surface area contributed by atoms with Gasteiger partial charge in [-0.1, -0.05) is 97.0 Å². The first kappa shape index (κ1) is 54.6. The number of ether oxygens (including phenoxy) is 2. The Hall–Kier alpha value is -7.76. The van der Waals surface area contributed by atoms with Crippen LogP contribution in [0, 0.1) is 25.5 Å². The van der Waals surface area contributed by atoms with E-state index in [1.54, 1.807) is 63.2 Å². The molecule has 0 amide bonds. The van der Waals surface area contributed by atoms with Gasteiger partial charge in [-0.2, -0.15) is 9.97 Å². The number of aryl methyl sites for hydroxylation is 1. The summed E-state index contributed by atoms with van der Waals surface area (Å²) >= 11 is 0. The number of carbonyl (C=O) groups is 2. The third-order valence-electron chi connectivity index (χ3n) is 11.6. The van der Waals surface area contributed by atoms with E-state index in [1.807, 2.05) is 80.6 Å². The molecule has 0 saturated carbocycles. The van der Waals surface area contributed by atoms with Crippen molar-refractivity contribution in [1.82, 2.24) is 30.1 Å². The number of hydrogen-bond acceptors (Lipinski definition) is 12. The smallest absolute Gasteiger partial charge is 0.317 e. The van der Waals surface area contributed by atoms with Gasteiger partial charge in [-0.3, -0.25) is 19.4 Å². The molecular weight excluding hydrogens is 935 g/mol. The van der Waals surface area contributed by atoms with E-state index >= 15 is 0 Å². The minimum Gasteiger partial charge on any atom is -0.480 e. The summed E-state index contributed by atoms with van der Waals surface area (Å²) in [5.74, 6) is -1.17. The SMILES string of the molecule is CC.COCc1cc(-c2nc(-c3cc(F)cc(CN(C)CC(=O)O)c3)no2)ccc1-c1cccc(F)c1C.COCc1cc(-c2nc(-c3ccc(CCN(C)CC(=O)O)cc3)no2)ccc1-c1ccccc1C. The zero-order valence-corrected chi connectivity index (χ0v) is 42.3. The van der Waals surface area contributed by atoms with Gasteiger partial charge >= 0.3 is 11.9 Å². The molecule has 8 aromatic rings. The van der Waals surface area contributed by atoms with Gasteiger partial charge in [-0.05, 0) is 139 Å². The maximum absolute atomic E-state index is 14.3. The number of halogens is 2. The first-order valence-corrected chi connectivity index (χ1v) is 23.6. The number of benzene rings is 6. The van der Waals surface area contributed by atoms with Gasteiger partial charge in [0.25, 0.3) is 11.8 Å². The number of likely N-dealkylation sites (N-methyl/N-ethyl adjacent to an activating group) is 2. The number of rotatable bonds is 19. The molecule has 2 aromatic heterocycles. The molecule has 2 N–H and O–H groups in total. The predicted molar refractivity (Wildman–Crippen MR) is 276 cm³/mol. The summed E-state index contributed by atoms with van der Waals surface area (Å²) < 4.78 is 50.3. The van der Waals surface area contributed by atoms with Crippen LogP contribution in [0.25, 0.3) is 67.9 Å². The average Bonchev–Trinajstić information content (AvgIpc) is 4.07. The average molecular weight is 995 g/mol. The minimum absolute atomic E-state index is 0.0295. The zero-order valence-electron chi connectivity index (χ0n) is 42.3. The number of aromatic nitrogens is 4. The highest BCUT2D eigenvalue weighted by Gasteiger charge is 2.19. The van der Waals surface area contributed by atoms with Crippen molar-refractivity contribution < 1.29 is 47.1 Å². The molecule has 0 saturated heterocycles. The maximum atomic E-state index is 14.3. The molecule has 0 radical (unpaired) electrons. The van der Waals surface area contributed by atoms with Crippen molar-refractivity contribution >= 4 is 11.9 Å². The normalized spacial score (nSPS) is 11.0. The monoisotopic (exact) mass is 994 g/mol. The minimum atomic E-state index is -0.969. The van der Waals surface area contributed by atoms with Crippen molar-refractivity contribution in [2.45, 2.75) is 53.9 Å². The van der Waals surface area contributed by atoms with E-state index in [2.05, 4.69) is 45.4 Å². The van der Waals surface area contributed by atoms with Crippen LogP contribution in [0.5, 0.6) is 0 Å². The van der Waals surface area contributed by atoms with Crippen LogP contribution in [-0.4, -0.2) is 100 Å². The molecule has 16 heteroatoms. The molecule has 2 heterocycles. The molecule has 0 aliphatic rings. The van der Waals surface area contributed by atoms with Gasteiger partial charge in [0.05, 0.1) is 26.3 Å². The van der Waals surface area contributed by atoms with E-state index in [9.17, 15) is 18.4 Å². The second-order valence-electron chi connectivity index (χ2n) is 17.2. The quantitative estimate of drug-likeness (QED) is 0.0782. The Kier molecular flexibility index (Phi) is 19.5. The van der Waals surface area contributed by atoms with Crippen LogP contribution < -0.4 is 0 Å². The fourth-order valence-electron chi connectivity index (χ4n) is 8.14. The molecule has 0 aliphatic carbocycles. The maximum Gasteiger partial charge on any atom is 0.317 e. The summed E-state index contributed by atoms with van der Waals surface area (Å²) in [6.45, 7) is 9.35. The Balaban J connectivity index is 0.000000230. The molecule has 0 unspecified atom stereocenters. The lowest BCUT2D eigenvalue weighted by Gasteiger charge is -2.14. The topological polar surface area (TPSA) is 177 Å². The van der Waals surface area contributed by atoms with Crippen molar-refractivity contribution in [2.24, 2.45) is 0 Å². The van der Waals surface area contributed by atoms with Gasteiger partial charge in [0.2, 0.25) is 11.6 Å². The summed E-state index contributed by atoms with van der Waals surface area (Å²) in [6.07, 6.45) is 0.761. The van der Waals surface area contributed by atoms with Gasteiger partial charge in [0.1, 0.15) is 11.6 Å². The van der Waals surface area contributed by atoms with Gasteiger partial charge < -0.3 is 28.7 Å². The number of carboxylic acids is 2. The lowest BCUT2D eigenvalue weighted by atomic mass is 9.94. The van der Waals surface area contributed by atoms with Crippen molar-refractivity contribution in [3.8, 4) is 67.9 Å². The van der Waals surface area contributed by atoms with E-state index in [4.69, 9.17) is 28.7 Å². The standard InChI is InChI=1S/C28H29N3O4.C27H25F2N3O4.C2H6/c1-19-6-4-5-7-24(19)25-13-12-22(16-23(25)18-34-3)28-29-27(30-35-28)21-10-8-20(9-11-21)14-15-31(2)17-26(32)33;1-16-22(5-4-6-24(16)29)23-8-7-18(11-20(23)15-35-3)27-30-26(31-36-27)19-9-17(10-21(28)12-19)13-32(2)14-25(33)34;1-2/h4-13,16H,14-15,17-18H2,1-3H3,(H,32,33);4-12H,13-15H2,1-3H3,(H,33,34);1-2H3. The Bertz CT molecular complexity index is 3120. The molecule has 0 spiro atoms. The molecule has 0 aliphatic heterocycles. The zero-order chi connectivity index (χ0) is 52.6. The molecule has 8 rings (SSSR count). The summed E-state index contributed by atoms with van der Waals surface area (Å²) in [4.78, 5) is 34.1. The van der Waals surface area contributed by atoms with E-state index in [0.29, 0.717) is 47.1 Å². The molecule has 14 nitrogen and oxygen atoms in total. The summed E-state index contributed by atoms with van der Waals surface area (Å²) in [5.41, 5.74) is 11.9. The Morgan fingerprint density at radius 1 is 0.589 bits per heavy atom. The molecule has 0 atom stereocenters. The second kappa shape index (κ2) is 26.1. The molecule has 6 aromatic carbocycles. The lowest BCUT2D eigenvalue weighted by molar-refractivity contribution is -0.139. The number of nitrogens with zero attached hydrogens (tertiary/aromatic N) is 6. The lowest BCUT2D eigenvalue weighted by Crippen LogP contribution is -2.27. The fraction of sp³-hybridized carbons (Fsp3) is 0.263. The van der Waals surface area contributed by atoms with Crippen molar-refractivity contribution in [3.63, 3.8) is 0 Å². The Morgan fingerprint density at radius 2 is 1.12 bits per heavy atom. The number of aliphatic carboxylic acids is 2. The first-order valence-electron chi connectivity index (χ1n) is 23.6. The van der Waals surface area contributed by atoms with Crippen LogP contribution in [0.4, 0.5) is 8.78 Å². The first-order chi connectivity index (χ1) is 35.2. The number of carboxylic acid groups (broad SMARTS) is 2. The van der Waals surface area contributed by atoms with Gasteiger partial charge in [0.15, 0.2) is 0 Å². The Morgan fingerprint density at radius 3 is 1.70 bits per heavy atom. The van der Waals surface area contributed by atoms with Crippen LogP contribution >= 0.6 is 0 Å². The fourth-order valence-corrected chi connectivity index (χ4v) is 8.14. The van der Waals surface area contributed by atoms with Gasteiger partial charge in [0, 0.05) is 49.6 Å². The summed E-state index contributed by atoms with van der Waals surface area (Å²) in [6, 6.07) is 37.1. The molecule has 0 bridgehead atoms. The summed E-state index contributed by atoms with van der Waals surface area (Å²) in [5, 5.41) is 26.0. The highest BCUT2D eigenvalue weighted by atomic mass is 19.1. The van der Waals surface area contributed by atoms with E-state index < -0.39 is 17.8 Å². The molecule has 0 fully saturated rings. The van der Waals surface area contributed by atoms with Crippen LogP contribution in [0.2, 0.25) is 0 Å². The highest BCUT2D eigenvalue weighted by molar-refractivity contribution is 5.76. The van der Waals surface area contributed by atoms with E-state index in [-0.39, 0.29) is 43.8 Å². The molecule has 380 valence electrons. The van der Waals surface area contributed by atoms with Crippen LogP contribution in [0.15, 0.2) is 130 Å². The van der Waals surface area contributed by atoms with Crippen LogP contribution in [0.1, 0.15) is 47.2 Å². The van der Waals surface area contributed by atoms with E-state index in [1.165, 1.54) is 29.3 Å². The van der Waals surface area contributed by atoms with Crippen LogP contribution in [-0.2, 0) is 45.2 Å². The number of methoxy groups -OCH3 is 2. The predicted octanol–water partition coefficient (Wildman–Crippen LogP) is 11.4. The second-order valence-corrected chi connectivity index (χ2v) is 17.2. The van der Waals surface area contributed by atoms with E-state index in [0.717, 1.165) is 50.9 Å². The third-order valence-corrected chi connectivity index (χ3v) is 11.6. The molecule has 73 heavy (non-hydrogen) atoms. The third kappa shape index (κ3) is 14.7. The van der Waals surface area contributed by atoms with Crippen LogP contribution in [0.3, 0.4) is 0 Å². The highest BCUT2D eigenvalue weighted by Crippen LogP contribution is 2.34. The Labute approximate surface area is 423 Å². The molecular formula is C57H60F2N6O8. The summed E-state index contributed by atoms with van der Waals surface area (Å²) in [7, 11) is 6.70. The largest absolute Gasteiger partial charge is 0.480 e.